The van der Waals surface area contributed by atoms with E-state index in [9.17, 15) is 9.59 Å². The second-order valence-corrected chi connectivity index (χ2v) is 8.16. The largest absolute Gasteiger partial charge is 0.497 e. The van der Waals surface area contributed by atoms with E-state index in [1.807, 2.05) is 48.5 Å². The van der Waals surface area contributed by atoms with Gasteiger partial charge in [0, 0.05) is 25.9 Å². The molecule has 2 rings (SSSR count). The van der Waals surface area contributed by atoms with Crippen molar-refractivity contribution in [3.8, 4) is 11.5 Å². The number of amides is 2. The van der Waals surface area contributed by atoms with Crippen LogP contribution in [0.4, 0.5) is 0 Å². The molecular formula is C27H38N2O4. The van der Waals surface area contributed by atoms with Crippen LogP contribution in [0, 0.1) is 0 Å². The number of hydrogen-bond donors (Lipinski definition) is 2. The minimum atomic E-state index is 0.100. The fourth-order valence-electron chi connectivity index (χ4n) is 3.51. The van der Waals surface area contributed by atoms with E-state index in [1.165, 1.54) is 0 Å². The zero-order valence-electron chi connectivity index (χ0n) is 20.0. The first-order chi connectivity index (χ1) is 16.1. The quantitative estimate of drug-likeness (QED) is 0.367. The van der Waals surface area contributed by atoms with Gasteiger partial charge in [-0.15, -0.1) is 0 Å². The average molecular weight is 455 g/mol. The monoisotopic (exact) mass is 454 g/mol. The fourth-order valence-corrected chi connectivity index (χ4v) is 3.51. The molecule has 2 N–H and O–H groups in total. The summed E-state index contributed by atoms with van der Waals surface area (Å²) in [6.45, 7) is 1.45. The first-order valence-electron chi connectivity index (χ1n) is 11.9. The van der Waals surface area contributed by atoms with Gasteiger partial charge >= 0.3 is 0 Å². The number of benzene rings is 2. The molecule has 33 heavy (non-hydrogen) atoms. The number of rotatable bonds is 16. The van der Waals surface area contributed by atoms with Crippen molar-refractivity contribution in [3.05, 3.63) is 59.7 Å². The zero-order chi connectivity index (χ0) is 23.7. The Kier molecular flexibility index (Phi) is 12.5. The molecule has 0 saturated heterocycles. The van der Waals surface area contributed by atoms with E-state index in [4.69, 9.17) is 9.47 Å². The third-order valence-electron chi connectivity index (χ3n) is 5.60. The van der Waals surface area contributed by atoms with Crippen LogP contribution in [-0.2, 0) is 22.4 Å². The Morgan fingerprint density at radius 1 is 0.606 bits per heavy atom. The van der Waals surface area contributed by atoms with Gasteiger partial charge in [-0.2, -0.15) is 0 Å². The Hall–Kier alpha value is -3.02. The first kappa shape index (κ1) is 26.2. The highest BCUT2D eigenvalue weighted by atomic mass is 16.5. The normalized spacial score (nSPS) is 10.5. The molecule has 0 radical (unpaired) electrons. The maximum absolute atomic E-state index is 12.0. The van der Waals surface area contributed by atoms with Gasteiger partial charge in [-0.05, 0) is 61.1 Å². The average Bonchev–Trinajstić information content (AvgIpc) is 2.85. The Bertz CT molecular complexity index is 750. The highest BCUT2D eigenvalue weighted by Gasteiger charge is 2.04. The summed E-state index contributed by atoms with van der Waals surface area (Å²) in [6.07, 6.45) is 7.75. The summed E-state index contributed by atoms with van der Waals surface area (Å²) in [7, 11) is 3.29. The number of hydrogen-bond acceptors (Lipinski definition) is 4. The molecule has 0 aliphatic carbocycles. The van der Waals surface area contributed by atoms with Gasteiger partial charge in [0.25, 0.3) is 0 Å². The van der Waals surface area contributed by atoms with E-state index < -0.39 is 0 Å². The van der Waals surface area contributed by atoms with Crippen molar-refractivity contribution in [2.45, 2.75) is 57.8 Å². The Labute approximate surface area is 198 Å². The molecule has 0 spiro atoms. The smallest absolute Gasteiger partial charge is 0.220 e. The second kappa shape index (κ2) is 15.7. The van der Waals surface area contributed by atoms with Crippen LogP contribution in [-0.4, -0.2) is 39.1 Å². The second-order valence-electron chi connectivity index (χ2n) is 8.16. The van der Waals surface area contributed by atoms with Crippen LogP contribution >= 0.6 is 0 Å². The molecule has 0 heterocycles. The predicted octanol–water partition coefficient (Wildman–Crippen LogP) is 4.45. The van der Waals surface area contributed by atoms with E-state index >= 15 is 0 Å². The lowest BCUT2D eigenvalue weighted by atomic mass is 10.1. The van der Waals surface area contributed by atoms with Gasteiger partial charge in [-0.25, -0.2) is 0 Å². The molecule has 2 amide bonds. The molecule has 0 fully saturated rings. The van der Waals surface area contributed by atoms with Crippen LogP contribution < -0.4 is 20.1 Å². The maximum atomic E-state index is 12.0. The molecular weight excluding hydrogens is 416 g/mol. The Balaban J connectivity index is 1.40. The zero-order valence-corrected chi connectivity index (χ0v) is 20.0. The van der Waals surface area contributed by atoms with Crippen molar-refractivity contribution in [3.63, 3.8) is 0 Å². The van der Waals surface area contributed by atoms with Crippen LogP contribution in [0.25, 0.3) is 0 Å². The lowest BCUT2D eigenvalue weighted by molar-refractivity contribution is -0.121. The molecule has 0 bridgehead atoms. The minimum absolute atomic E-state index is 0.100. The van der Waals surface area contributed by atoms with Crippen molar-refractivity contribution >= 4 is 11.8 Å². The number of carbonyl (C=O) groups is 2. The van der Waals surface area contributed by atoms with E-state index in [2.05, 4.69) is 10.6 Å². The van der Waals surface area contributed by atoms with Crippen LogP contribution in [0.1, 0.15) is 56.1 Å². The number of unbranched alkanes of at least 4 members (excludes halogenated alkanes) is 4. The number of carbonyl (C=O) groups excluding carboxylic acids is 2. The molecule has 0 unspecified atom stereocenters. The number of methoxy groups -OCH3 is 2. The summed E-state index contributed by atoms with van der Waals surface area (Å²) in [5.74, 6) is 1.86. The summed E-state index contributed by atoms with van der Waals surface area (Å²) in [4.78, 5) is 23.9. The first-order valence-corrected chi connectivity index (χ1v) is 11.9. The van der Waals surface area contributed by atoms with Gasteiger partial charge < -0.3 is 20.1 Å². The fraction of sp³-hybridized carbons (Fsp3) is 0.481. The van der Waals surface area contributed by atoms with Crippen LogP contribution in [0.15, 0.2) is 48.5 Å². The van der Waals surface area contributed by atoms with E-state index in [0.29, 0.717) is 12.8 Å². The lowest BCUT2D eigenvalue weighted by Gasteiger charge is -2.07. The Morgan fingerprint density at radius 2 is 0.970 bits per heavy atom. The van der Waals surface area contributed by atoms with Crippen molar-refractivity contribution in [2.75, 3.05) is 27.3 Å². The summed E-state index contributed by atoms with van der Waals surface area (Å²) in [5.41, 5.74) is 2.28. The maximum Gasteiger partial charge on any atom is 0.220 e. The third kappa shape index (κ3) is 11.4. The molecule has 0 atom stereocenters. The van der Waals surface area contributed by atoms with Crippen molar-refractivity contribution in [2.24, 2.45) is 0 Å². The summed E-state index contributed by atoms with van der Waals surface area (Å²) < 4.78 is 10.3. The van der Waals surface area contributed by atoms with Crippen molar-refractivity contribution in [1.82, 2.24) is 10.6 Å². The molecule has 6 nitrogen and oxygen atoms in total. The summed E-state index contributed by atoms with van der Waals surface area (Å²) >= 11 is 0. The standard InChI is InChI=1S/C27H38N2O4/c1-32-24-14-8-22(9-15-24)12-18-26(30)28-20-6-4-3-5-7-21-29-27(31)19-13-23-10-16-25(33-2)17-11-23/h8-11,14-17H,3-7,12-13,18-21H2,1-2H3,(H,28,30)(H,29,31). The van der Waals surface area contributed by atoms with E-state index in [-0.39, 0.29) is 11.8 Å². The van der Waals surface area contributed by atoms with E-state index in [1.54, 1.807) is 14.2 Å². The highest BCUT2D eigenvalue weighted by Crippen LogP contribution is 2.13. The third-order valence-corrected chi connectivity index (χ3v) is 5.60. The number of nitrogens with one attached hydrogen (secondary N) is 2. The summed E-state index contributed by atoms with van der Waals surface area (Å²) in [6, 6.07) is 15.7. The van der Waals surface area contributed by atoms with E-state index in [0.717, 1.165) is 80.7 Å². The van der Waals surface area contributed by atoms with Gasteiger partial charge in [0.2, 0.25) is 11.8 Å². The van der Waals surface area contributed by atoms with Crippen LogP contribution in [0.3, 0.4) is 0 Å². The predicted molar refractivity (Wildman–Crippen MR) is 132 cm³/mol. The molecule has 2 aromatic rings. The summed E-state index contributed by atoms with van der Waals surface area (Å²) in [5, 5.41) is 6.00. The SMILES string of the molecule is COc1ccc(CCC(=O)NCCCCCCCNC(=O)CCc2ccc(OC)cc2)cc1. The molecule has 0 aromatic heterocycles. The molecule has 0 aliphatic heterocycles. The van der Waals surface area contributed by atoms with Crippen molar-refractivity contribution < 1.29 is 19.1 Å². The minimum Gasteiger partial charge on any atom is -0.497 e. The number of ether oxygens (including phenoxy) is 2. The number of aryl methyl sites for hydroxylation is 2. The van der Waals surface area contributed by atoms with Gasteiger partial charge in [-0.3, -0.25) is 9.59 Å². The molecule has 0 saturated carbocycles. The van der Waals surface area contributed by atoms with Crippen LogP contribution in [0.2, 0.25) is 0 Å². The molecule has 6 heteroatoms. The molecule has 0 aliphatic rings. The molecule has 180 valence electrons. The van der Waals surface area contributed by atoms with Crippen molar-refractivity contribution in [1.29, 1.82) is 0 Å². The van der Waals surface area contributed by atoms with Crippen LogP contribution in [0.5, 0.6) is 11.5 Å². The van der Waals surface area contributed by atoms with Gasteiger partial charge in [0.1, 0.15) is 11.5 Å². The highest BCUT2D eigenvalue weighted by molar-refractivity contribution is 5.76. The van der Waals surface area contributed by atoms with Gasteiger partial charge in [0.05, 0.1) is 14.2 Å². The Morgan fingerprint density at radius 3 is 1.33 bits per heavy atom. The lowest BCUT2D eigenvalue weighted by Crippen LogP contribution is -2.25. The molecule has 2 aromatic carbocycles. The van der Waals surface area contributed by atoms with Gasteiger partial charge in [-0.1, -0.05) is 43.5 Å². The van der Waals surface area contributed by atoms with Gasteiger partial charge in [0.15, 0.2) is 0 Å². The topological polar surface area (TPSA) is 76.7 Å².